The predicted octanol–water partition coefficient (Wildman–Crippen LogP) is 3.58. The quantitative estimate of drug-likeness (QED) is 0.880. The van der Waals surface area contributed by atoms with Crippen molar-refractivity contribution < 1.29 is 13.2 Å². The lowest BCUT2D eigenvalue weighted by atomic mass is 9.80. The molecular weight excluding hydrogens is 239 g/mol. The highest BCUT2D eigenvalue weighted by Gasteiger charge is 2.58. The minimum absolute atomic E-state index is 0.162. The fourth-order valence-electron chi connectivity index (χ4n) is 3.13. The first-order valence-electron chi connectivity index (χ1n) is 6.20. The Morgan fingerprint density at radius 2 is 1.94 bits per heavy atom. The van der Waals surface area contributed by atoms with Crippen molar-refractivity contribution in [2.45, 2.75) is 31.9 Å². The number of hydrogen-bond donors (Lipinski definition) is 1. The van der Waals surface area contributed by atoms with Gasteiger partial charge >= 0.3 is 6.18 Å². The van der Waals surface area contributed by atoms with E-state index in [1.54, 1.807) is 12.1 Å². The molecule has 1 aliphatic carbocycles. The number of nitrogens with two attached hydrogens (primary N) is 1. The first-order valence-corrected chi connectivity index (χ1v) is 6.20. The van der Waals surface area contributed by atoms with Crippen LogP contribution in [-0.4, -0.2) is 6.54 Å². The van der Waals surface area contributed by atoms with Gasteiger partial charge in [0.2, 0.25) is 0 Å². The van der Waals surface area contributed by atoms with Crippen molar-refractivity contribution in [3.8, 4) is 0 Å². The number of hydrogen-bond acceptors (Lipinski definition) is 1. The summed E-state index contributed by atoms with van der Waals surface area (Å²) in [4.78, 5) is 0. The Hall–Kier alpha value is -1.03. The molecule has 1 fully saturated rings. The van der Waals surface area contributed by atoms with E-state index < -0.39 is 11.7 Å². The Labute approximate surface area is 105 Å². The molecule has 2 N–H and O–H groups in total. The average Bonchev–Trinajstić information content (AvgIpc) is 3.03. The van der Waals surface area contributed by atoms with Crippen LogP contribution in [0.15, 0.2) is 24.3 Å². The van der Waals surface area contributed by atoms with Gasteiger partial charge in [-0.05, 0) is 36.4 Å². The van der Waals surface area contributed by atoms with Gasteiger partial charge in [-0.15, -0.1) is 0 Å². The topological polar surface area (TPSA) is 26.0 Å². The molecular formula is C14H18F3N. The second kappa shape index (κ2) is 4.26. The van der Waals surface area contributed by atoms with Crippen molar-refractivity contribution in [1.29, 1.82) is 0 Å². The molecule has 1 aromatic carbocycles. The molecule has 1 unspecified atom stereocenters. The molecule has 1 aliphatic rings. The Morgan fingerprint density at radius 1 is 1.33 bits per heavy atom. The molecule has 0 heterocycles. The minimum atomic E-state index is -4.29. The van der Waals surface area contributed by atoms with Gasteiger partial charge in [0.15, 0.2) is 0 Å². The van der Waals surface area contributed by atoms with Crippen LogP contribution in [-0.2, 0) is 11.6 Å². The lowest BCUT2D eigenvalue weighted by Crippen LogP contribution is -2.25. The number of benzene rings is 1. The van der Waals surface area contributed by atoms with E-state index in [4.69, 9.17) is 5.73 Å². The Bertz CT molecular complexity index is 439. The minimum Gasteiger partial charge on any atom is -0.330 e. The normalized spacial score (nSPS) is 27.6. The second-order valence-corrected chi connectivity index (χ2v) is 5.38. The van der Waals surface area contributed by atoms with Gasteiger partial charge in [-0.3, -0.25) is 0 Å². The highest BCUT2D eigenvalue weighted by Crippen LogP contribution is 2.60. The molecule has 1 aromatic rings. The molecule has 1 saturated carbocycles. The molecule has 0 radical (unpaired) electrons. The molecule has 1 nitrogen and oxygen atoms in total. The maximum Gasteiger partial charge on any atom is 0.416 e. The van der Waals surface area contributed by atoms with Gasteiger partial charge in [0.1, 0.15) is 0 Å². The summed E-state index contributed by atoms with van der Waals surface area (Å²) in [5.41, 5.74) is 5.19. The fourth-order valence-corrected chi connectivity index (χ4v) is 3.13. The second-order valence-electron chi connectivity index (χ2n) is 5.38. The third-order valence-corrected chi connectivity index (χ3v) is 4.20. The molecule has 2 rings (SSSR count). The predicted molar refractivity (Wildman–Crippen MR) is 65.1 cm³/mol. The maximum atomic E-state index is 13.1. The summed E-state index contributed by atoms with van der Waals surface area (Å²) in [5.74, 6) is 0.329. The lowest BCUT2D eigenvalue weighted by molar-refractivity contribution is -0.138. The van der Waals surface area contributed by atoms with Crippen molar-refractivity contribution in [1.82, 2.24) is 0 Å². The number of alkyl halides is 3. The zero-order valence-corrected chi connectivity index (χ0v) is 10.6. The molecule has 0 saturated heterocycles. The van der Waals surface area contributed by atoms with Crippen molar-refractivity contribution in [3.63, 3.8) is 0 Å². The molecule has 0 aromatic heterocycles. The third kappa shape index (κ3) is 1.92. The van der Waals surface area contributed by atoms with Crippen molar-refractivity contribution in [2.75, 3.05) is 6.54 Å². The molecule has 4 heteroatoms. The summed E-state index contributed by atoms with van der Waals surface area (Å²) in [6.45, 7) is 4.40. The molecule has 0 amide bonds. The van der Waals surface area contributed by atoms with E-state index in [9.17, 15) is 13.2 Å². The molecule has 0 aliphatic heterocycles. The summed E-state index contributed by atoms with van der Waals surface area (Å²) in [6.07, 6.45) is -3.53. The van der Waals surface area contributed by atoms with Crippen molar-refractivity contribution >= 4 is 0 Å². The van der Waals surface area contributed by atoms with Crippen LogP contribution in [0.2, 0.25) is 0 Å². The van der Waals surface area contributed by atoms with Crippen LogP contribution in [0.1, 0.15) is 31.4 Å². The summed E-state index contributed by atoms with van der Waals surface area (Å²) >= 11 is 0. The van der Waals surface area contributed by atoms with Crippen LogP contribution < -0.4 is 5.73 Å². The van der Waals surface area contributed by atoms with E-state index in [-0.39, 0.29) is 17.3 Å². The standard InChI is InChI=1S/C14H18F3N/c1-9(2)13(7-10(13)8-18)11-5-3-4-6-12(11)14(15,16)17/h3-6,9-10H,7-8,18H2,1-2H3/t10-,13?/m0/s1. The average molecular weight is 257 g/mol. The first kappa shape index (κ1) is 13.4. The van der Waals surface area contributed by atoms with Gasteiger partial charge in [0.05, 0.1) is 5.56 Å². The van der Waals surface area contributed by atoms with Crippen LogP contribution in [0, 0.1) is 11.8 Å². The van der Waals surface area contributed by atoms with Crippen LogP contribution in [0.25, 0.3) is 0 Å². The summed E-state index contributed by atoms with van der Waals surface area (Å²) < 4.78 is 39.2. The zero-order valence-electron chi connectivity index (χ0n) is 10.6. The molecule has 0 bridgehead atoms. The summed E-state index contributed by atoms with van der Waals surface area (Å²) in [7, 11) is 0. The van der Waals surface area contributed by atoms with Gasteiger partial charge in [0, 0.05) is 5.41 Å². The largest absolute Gasteiger partial charge is 0.416 e. The van der Waals surface area contributed by atoms with Crippen LogP contribution >= 0.6 is 0 Å². The SMILES string of the molecule is CC(C)C1(c2ccccc2C(F)(F)F)C[C@H]1CN. The molecule has 100 valence electrons. The van der Waals surface area contributed by atoms with Crippen molar-refractivity contribution in [2.24, 2.45) is 17.6 Å². The monoisotopic (exact) mass is 257 g/mol. The van der Waals surface area contributed by atoms with E-state index in [2.05, 4.69) is 0 Å². The smallest absolute Gasteiger partial charge is 0.330 e. The third-order valence-electron chi connectivity index (χ3n) is 4.20. The van der Waals surface area contributed by atoms with Crippen LogP contribution in [0.3, 0.4) is 0 Å². The van der Waals surface area contributed by atoms with Gasteiger partial charge in [0.25, 0.3) is 0 Å². The Kier molecular flexibility index (Phi) is 3.18. The van der Waals surface area contributed by atoms with E-state index >= 15 is 0 Å². The molecule has 0 spiro atoms. The zero-order chi connectivity index (χ0) is 13.6. The van der Waals surface area contributed by atoms with Gasteiger partial charge in [-0.2, -0.15) is 13.2 Å². The highest BCUT2D eigenvalue weighted by atomic mass is 19.4. The molecule has 18 heavy (non-hydrogen) atoms. The van der Waals surface area contributed by atoms with Gasteiger partial charge in [-0.1, -0.05) is 32.0 Å². The summed E-state index contributed by atoms with van der Waals surface area (Å²) in [5, 5.41) is 0. The van der Waals surface area contributed by atoms with Crippen LogP contribution in [0.5, 0.6) is 0 Å². The number of rotatable bonds is 3. The van der Waals surface area contributed by atoms with E-state index in [0.29, 0.717) is 12.1 Å². The Morgan fingerprint density at radius 3 is 2.39 bits per heavy atom. The lowest BCUT2D eigenvalue weighted by Gasteiger charge is -2.26. The van der Waals surface area contributed by atoms with Gasteiger partial charge in [-0.25, -0.2) is 0 Å². The highest BCUT2D eigenvalue weighted by molar-refractivity contribution is 5.42. The fraction of sp³-hybridized carbons (Fsp3) is 0.571. The first-order chi connectivity index (χ1) is 8.34. The summed E-state index contributed by atoms with van der Waals surface area (Å²) in [6, 6.07) is 5.91. The maximum absolute atomic E-state index is 13.1. The van der Waals surface area contributed by atoms with Gasteiger partial charge < -0.3 is 5.73 Å². The van der Waals surface area contributed by atoms with E-state index in [1.165, 1.54) is 12.1 Å². The Balaban J connectivity index is 2.52. The van der Waals surface area contributed by atoms with Crippen LogP contribution in [0.4, 0.5) is 13.2 Å². The van der Waals surface area contributed by atoms with E-state index in [0.717, 1.165) is 6.42 Å². The van der Waals surface area contributed by atoms with Crippen molar-refractivity contribution in [3.05, 3.63) is 35.4 Å². The van der Waals surface area contributed by atoms with E-state index in [1.807, 2.05) is 13.8 Å². The molecule has 2 atom stereocenters. The number of halogens is 3.